The number of nitrogens with one attached hydrogen (secondary N) is 2. The fourth-order valence-corrected chi connectivity index (χ4v) is 4.73. The summed E-state index contributed by atoms with van der Waals surface area (Å²) < 4.78 is 27.6. The highest BCUT2D eigenvalue weighted by Gasteiger charge is 2.25. The molecule has 2 heterocycles. The number of carbonyl (C=O) groups excluding carboxylic acids is 1. The Bertz CT molecular complexity index is 833. The number of nitrogens with zero attached hydrogens (tertiary/aromatic N) is 2. The molecule has 3 rings (SSSR count). The first-order chi connectivity index (χ1) is 12.4. The maximum Gasteiger partial charge on any atom is 0.240 e. The van der Waals surface area contributed by atoms with Gasteiger partial charge >= 0.3 is 0 Å². The van der Waals surface area contributed by atoms with Crippen molar-refractivity contribution in [3.05, 3.63) is 40.9 Å². The third-order valence-electron chi connectivity index (χ3n) is 4.08. The minimum Gasteiger partial charge on any atom is -0.301 e. The summed E-state index contributed by atoms with van der Waals surface area (Å²) in [4.78, 5) is 18.2. The summed E-state index contributed by atoms with van der Waals surface area (Å²) in [5.41, 5.74) is 0. The van der Waals surface area contributed by atoms with E-state index < -0.39 is 10.0 Å². The van der Waals surface area contributed by atoms with Crippen LogP contribution in [0.1, 0.15) is 12.8 Å². The van der Waals surface area contributed by atoms with E-state index in [0.29, 0.717) is 36.1 Å². The number of hydrogen-bond acceptors (Lipinski definition) is 6. The molecule has 140 valence electrons. The Kier molecular flexibility index (Phi) is 6.25. The van der Waals surface area contributed by atoms with E-state index in [1.54, 1.807) is 23.7 Å². The number of amides is 1. The highest BCUT2D eigenvalue weighted by Crippen LogP contribution is 2.17. The van der Waals surface area contributed by atoms with Crippen LogP contribution in [0.4, 0.5) is 5.13 Å². The van der Waals surface area contributed by atoms with Crippen molar-refractivity contribution in [2.75, 3.05) is 25.0 Å². The Hall–Kier alpha value is -1.52. The molecule has 0 aliphatic carbocycles. The number of aromatic nitrogens is 1. The number of sulfonamides is 1. The minimum atomic E-state index is -3.56. The van der Waals surface area contributed by atoms with Gasteiger partial charge in [-0.15, -0.1) is 11.3 Å². The zero-order valence-corrected chi connectivity index (χ0v) is 16.3. The predicted octanol–water partition coefficient (Wildman–Crippen LogP) is 2.18. The molecule has 26 heavy (non-hydrogen) atoms. The lowest BCUT2D eigenvalue weighted by Crippen LogP contribution is -2.46. The van der Waals surface area contributed by atoms with Crippen LogP contribution in [0, 0.1) is 0 Å². The monoisotopic (exact) mass is 414 g/mol. The van der Waals surface area contributed by atoms with Gasteiger partial charge in [0, 0.05) is 35.7 Å². The summed E-state index contributed by atoms with van der Waals surface area (Å²) in [6.07, 6.45) is 2.94. The maximum absolute atomic E-state index is 12.4. The number of hydrogen-bond donors (Lipinski definition) is 2. The summed E-state index contributed by atoms with van der Waals surface area (Å²) in [6, 6.07) is 5.94. The summed E-state index contributed by atoms with van der Waals surface area (Å²) in [5, 5.41) is 5.63. The number of anilines is 1. The van der Waals surface area contributed by atoms with E-state index in [2.05, 4.69) is 15.0 Å². The van der Waals surface area contributed by atoms with Gasteiger partial charge in [-0.25, -0.2) is 18.1 Å². The lowest BCUT2D eigenvalue weighted by Gasteiger charge is -2.31. The van der Waals surface area contributed by atoms with Crippen molar-refractivity contribution >= 4 is 44.0 Å². The normalized spacial score (nSPS) is 16.5. The lowest BCUT2D eigenvalue weighted by molar-refractivity contribution is -0.117. The molecule has 1 aromatic carbocycles. The van der Waals surface area contributed by atoms with Gasteiger partial charge in [0.1, 0.15) is 0 Å². The fourth-order valence-electron chi connectivity index (χ4n) is 2.76. The first kappa shape index (κ1) is 19.2. The number of piperidine rings is 1. The number of likely N-dealkylation sites (tertiary alicyclic amines) is 1. The zero-order chi connectivity index (χ0) is 18.6. The van der Waals surface area contributed by atoms with E-state index in [0.717, 1.165) is 0 Å². The van der Waals surface area contributed by atoms with Gasteiger partial charge in [-0.3, -0.25) is 9.69 Å². The summed E-state index contributed by atoms with van der Waals surface area (Å²) in [7, 11) is -3.56. The molecule has 2 aromatic rings. The van der Waals surface area contributed by atoms with E-state index in [9.17, 15) is 13.2 Å². The number of thiazole rings is 1. The third kappa shape index (κ3) is 5.24. The van der Waals surface area contributed by atoms with E-state index in [4.69, 9.17) is 11.6 Å². The third-order valence-corrected chi connectivity index (χ3v) is 6.56. The van der Waals surface area contributed by atoms with Gasteiger partial charge in [0.05, 0.1) is 11.4 Å². The average Bonchev–Trinajstić information content (AvgIpc) is 3.09. The Morgan fingerprint density at radius 1 is 1.27 bits per heavy atom. The fraction of sp³-hybridized carbons (Fsp3) is 0.375. The molecule has 0 radical (unpaired) electrons. The number of carbonyl (C=O) groups is 1. The van der Waals surface area contributed by atoms with E-state index in [1.807, 2.05) is 4.90 Å². The molecule has 1 aliphatic rings. The average molecular weight is 415 g/mol. The highest BCUT2D eigenvalue weighted by atomic mass is 35.5. The highest BCUT2D eigenvalue weighted by molar-refractivity contribution is 7.89. The van der Waals surface area contributed by atoms with Crippen LogP contribution in [0.2, 0.25) is 5.02 Å². The van der Waals surface area contributed by atoms with Gasteiger partial charge in [0.15, 0.2) is 5.13 Å². The first-order valence-electron chi connectivity index (χ1n) is 8.12. The van der Waals surface area contributed by atoms with E-state index >= 15 is 0 Å². The number of rotatable bonds is 6. The van der Waals surface area contributed by atoms with Crippen LogP contribution < -0.4 is 10.0 Å². The molecule has 1 aliphatic heterocycles. The van der Waals surface area contributed by atoms with Crippen LogP contribution >= 0.6 is 22.9 Å². The molecule has 0 unspecified atom stereocenters. The molecular weight excluding hydrogens is 396 g/mol. The van der Waals surface area contributed by atoms with Gasteiger partial charge in [-0.05, 0) is 37.1 Å². The zero-order valence-electron chi connectivity index (χ0n) is 13.9. The second kappa shape index (κ2) is 8.45. The van der Waals surface area contributed by atoms with Crippen molar-refractivity contribution in [1.29, 1.82) is 0 Å². The van der Waals surface area contributed by atoms with Crippen molar-refractivity contribution in [3.8, 4) is 0 Å². The van der Waals surface area contributed by atoms with Crippen LogP contribution in [0.5, 0.6) is 0 Å². The first-order valence-corrected chi connectivity index (χ1v) is 10.9. The molecule has 0 bridgehead atoms. The summed E-state index contributed by atoms with van der Waals surface area (Å²) in [6.45, 7) is 1.58. The molecule has 7 nitrogen and oxygen atoms in total. The van der Waals surface area contributed by atoms with Gasteiger partial charge in [-0.1, -0.05) is 11.6 Å². The largest absolute Gasteiger partial charge is 0.301 e. The molecule has 2 N–H and O–H groups in total. The molecular formula is C16H19ClN4O3S2. The van der Waals surface area contributed by atoms with Crippen LogP contribution in [0.25, 0.3) is 0 Å². The van der Waals surface area contributed by atoms with E-state index in [1.165, 1.54) is 23.5 Å². The summed E-state index contributed by atoms with van der Waals surface area (Å²) in [5.74, 6) is -0.111. The van der Waals surface area contributed by atoms with Gasteiger partial charge in [0.2, 0.25) is 15.9 Å². The smallest absolute Gasteiger partial charge is 0.240 e. The van der Waals surface area contributed by atoms with Crippen LogP contribution in [-0.2, 0) is 14.8 Å². The number of halogens is 1. The van der Waals surface area contributed by atoms with Crippen LogP contribution in [0.15, 0.2) is 40.7 Å². The molecule has 0 spiro atoms. The molecule has 0 atom stereocenters. The lowest BCUT2D eigenvalue weighted by atomic mass is 10.1. The molecule has 1 saturated heterocycles. The topological polar surface area (TPSA) is 91.4 Å². The predicted molar refractivity (Wildman–Crippen MR) is 102 cm³/mol. The van der Waals surface area contributed by atoms with Crippen molar-refractivity contribution < 1.29 is 13.2 Å². The summed E-state index contributed by atoms with van der Waals surface area (Å²) >= 11 is 7.17. The maximum atomic E-state index is 12.4. The van der Waals surface area contributed by atoms with Crippen molar-refractivity contribution in [3.63, 3.8) is 0 Å². The van der Waals surface area contributed by atoms with Crippen LogP contribution in [0.3, 0.4) is 0 Å². The Morgan fingerprint density at radius 3 is 2.58 bits per heavy atom. The van der Waals surface area contributed by atoms with Gasteiger partial charge in [0.25, 0.3) is 0 Å². The van der Waals surface area contributed by atoms with Crippen LogP contribution in [-0.4, -0.2) is 49.9 Å². The van der Waals surface area contributed by atoms with Gasteiger partial charge in [-0.2, -0.15) is 0 Å². The molecule has 10 heteroatoms. The number of benzene rings is 1. The Morgan fingerprint density at radius 2 is 1.96 bits per heavy atom. The Labute approximate surface area is 161 Å². The second-order valence-corrected chi connectivity index (χ2v) is 9.06. The Balaban J connectivity index is 1.47. The second-order valence-electron chi connectivity index (χ2n) is 6.01. The SMILES string of the molecule is O=C(CN1CCC(NS(=O)(=O)c2ccc(Cl)cc2)CC1)Nc1nccs1. The van der Waals surface area contributed by atoms with E-state index in [-0.39, 0.29) is 23.4 Å². The minimum absolute atomic E-state index is 0.111. The quantitative estimate of drug-likeness (QED) is 0.755. The standard InChI is InChI=1S/C16H19ClN4O3S2/c17-12-1-3-14(4-2-12)26(23,24)20-13-5-8-21(9-6-13)11-15(22)19-16-18-7-10-25-16/h1-4,7,10,13,20H,5-6,8-9,11H2,(H,18,19,22). The molecule has 0 saturated carbocycles. The molecule has 1 amide bonds. The van der Waals surface area contributed by atoms with Crippen molar-refractivity contribution in [2.45, 2.75) is 23.8 Å². The van der Waals surface area contributed by atoms with Crippen molar-refractivity contribution in [2.24, 2.45) is 0 Å². The van der Waals surface area contributed by atoms with Gasteiger partial charge < -0.3 is 5.32 Å². The molecule has 1 aromatic heterocycles. The van der Waals surface area contributed by atoms with Crippen molar-refractivity contribution in [1.82, 2.24) is 14.6 Å². The molecule has 1 fully saturated rings.